The van der Waals surface area contributed by atoms with Gasteiger partial charge in [-0.1, -0.05) is 44.2 Å². The third kappa shape index (κ3) is 6.60. The second-order valence-corrected chi connectivity index (χ2v) is 9.79. The van der Waals surface area contributed by atoms with Gasteiger partial charge < -0.3 is 8.92 Å². The molecule has 0 bridgehead atoms. The Morgan fingerprint density at radius 3 is 2.48 bits per heavy atom. The molecule has 33 heavy (non-hydrogen) atoms. The number of hydrogen-bond acceptors (Lipinski definition) is 5. The third-order valence-corrected chi connectivity index (χ3v) is 6.05. The second-order valence-electron chi connectivity index (χ2n) is 8.25. The number of esters is 1. The van der Waals surface area contributed by atoms with E-state index in [4.69, 9.17) is 4.74 Å². The van der Waals surface area contributed by atoms with Crippen molar-refractivity contribution in [3.05, 3.63) is 70.8 Å². The van der Waals surface area contributed by atoms with E-state index in [0.717, 1.165) is 5.57 Å². The lowest BCUT2D eigenvalue weighted by Gasteiger charge is -2.32. The van der Waals surface area contributed by atoms with Gasteiger partial charge in [-0.25, -0.2) is 4.79 Å². The molecule has 0 atom stereocenters. The maximum absolute atomic E-state index is 12.9. The van der Waals surface area contributed by atoms with E-state index in [1.807, 2.05) is 19.9 Å². The van der Waals surface area contributed by atoms with Gasteiger partial charge in [0.2, 0.25) is 0 Å². The molecule has 1 aliphatic carbocycles. The molecule has 0 unspecified atom stereocenters. The van der Waals surface area contributed by atoms with E-state index >= 15 is 0 Å². The van der Waals surface area contributed by atoms with Crippen molar-refractivity contribution in [2.45, 2.75) is 52.0 Å². The fourth-order valence-electron chi connectivity index (χ4n) is 3.25. The van der Waals surface area contributed by atoms with Crippen LogP contribution >= 0.6 is 0 Å². The number of ether oxygens (including phenoxy) is 1. The number of rotatable bonds is 7. The zero-order chi connectivity index (χ0) is 25.0. The average molecular weight is 485 g/mol. The summed E-state index contributed by atoms with van der Waals surface area (Å²) in [4.78, 5) is 11.5. The minimum atomic E-state index is -5.79. The number of carbonyl (C=O) groups excluding carboxylic acids is 1. The summed E-state index contributed by atoms with van der Waals surface area (Å²) in [5.41, 5.74) is -2.80. The Hall–Kier alpha value is -2.81. The lowest BCUT2D eigenvalue weighted by molar-refractivity contribution is -0.137. The monoisotopic (exact) mass is 484 g/mol. The maximum atomic E-state index is 12.9. The molecule has 180 valence electrons. The van der Waals surface area contributed by atoms with Gasteiger partial charge in [0.25, 0.3) is 0 Å². The van der Waals surface area contributed by atoms with E-state index in [1.165, 1.54) is 12.2 Å². The van der Waals surface area contributed by atoms with Gasteiger partial charge >= 0.3 is 21.6 Å². The zero-order valence-electron chi connectivity index (χ0n) is 19.1. The van der Waals surface area contributed by atoms with Crippen molar-refractivity contribution in [2.24, 2.45) is 0 Å². The maximum Gasteiger partial charge on any atom is 0.534 e. The summed E-state index contributed by atoms with van der Waals surface area (Å²) in [6.07, 6.45) is 8.27. The highest BCUT2D eigenvalue weighted by Crippen LogP contribution is 2.42. The predicted octanol–water partition coefficient (Wildman–Crippen LogP) is 6.04. The SMILES string of the molecule is CCOC(=O)/C=C(C)/C=C/C=C(\C)c1ccc2c(c1)C(OS(=O)(=O)C(F)(F)F)=CCC2(C)C. The molecule has 0 saturated heterocycles. The van der Waals surface area contributed by atoms with Gasteiger partial charge in [-0.3, -0.25) is 0 Å². The molecule has 5 nitrogen and oxygen atoms in total. The number of hydrogen-bond donors (Lipinski definition) is 0. The van der Waals surface area contributed by atoms with Crippen molar-refractivity contribution in [3.63, 3.8) is 0 Å². The van der Waals surface area contributed by atoms with E-state index in [0.29, 0.717) is 28.7 Å². The summed E-state index contributed by atoms with van der Waals surface area (Å²) in [7, 11) is -5.79. The van der Waals surface area contributed by atoms with E-state index in [-0.39, 0.29) is 12.4 Å². The lowest BCUT2D eigenvalue weighted by atomic mass is 9.74. The molecule has 1 aliphatic rings. The Kier molecular flexibility index (Phi) is 8.00. The molecule has 0 aromatic heterocycles. The van der Waals surface area contributed by atoms with Crippen molar-refractivity contribution >= 4 is 27.4 Å². The Morgan fingerprint density at radius 2 is 1.88 bits per heavy atom. The molecule has 1 aromatic carbocycles. The number of allylic oxidation sites excluding steroid dienone is 6. The third-order valence-electron chi connectivity index (χ3n) is 5.09. The molecule has 0 fully saturated rings. The molecule has 0 amide bonds. The molecule has 2 rings (SSSR count). The van der Waals surface area contributed by atoms with Crippen LogP contribution in [-0.4, -0.2) is 26.5 Å². The summed E-state index contributed by atoms with van der Waals surface area (Å²) in [6.45, 7) is 9.38. The highest BCUT2D eigenvalue weighted by atomic mass is 32.2. The van der Waals surface area contributed by atoms with Crippen molar-refractivity contribution < 1.29 is 35.3 Å². The molecule has 9 heteroatoms. The smallest absolute Gasteiger partial charge is 0.463 e. The van der Waals surface area contributed by atoms with Gasteiger partial charge in [-0.05, 0) is 67.0 Å². The first-order valence-corrected chi connectivity index (χ1v) is 11.6. The normalized spacial score (nSPS) is 16.9. The van der Waals surface area contributed by atoms with Crippen LogP contribution in [0.3, 0.4) is 0 Å². The Balaban J connectivity index is 2.38. The number of alkyl halides is 3. The largest absolute Gasteiger partial charge is 0.534 e. The van der Waals surface area contributed by atoms with Gasteiger partial charge in [0.1, 0.15) is 5.76 Å². The van der Waals surface area contributed by atoms with Crippen LogP contribution in [0.2, 0.25) is 0 Å². The topological polar surface area (TPSA) is 69.7 Å². The fraction of sp³-hybridized carbons (Fsp3) is 0.375. The van der Waals surface area contributed by atoms with E-state index in [2.05, 4.69) is 4.18 Å². The number of fused-ring (bicyclic) bond motifs is 1. The highest BCUT2D eigenvalue weighted by Gasteiger charge is 2.49. The fourth-order valence-corrected chi connectivity index (χ4v) is 3.74. The van der Waals surface area contributed by atoms with Gasteiger partial charge in [0.05, 0.1) is 6.61 Å². The van der Waals surface area contributed by atoms with Crippen LogP contribution in [0, 0.1) is 0 Å². The Bertz CT molecular complexity index is 1140. The van der Waals surface area contributed by atoms with Gasteiger partial charge in [-0.2, -0.15) is 21.6 Å². The first-order valence-electron chi connectivity index (χ1n) is 10.2. The Morgan fingerprint density at radius 1 is 1.21 bits per heavy atom. The molecule has 1 aromatic rings. The lowest BCUT2D eigenvalue weighted by Crippen LogP contribution is -2.27. The van der Waals surface area contributed by atoms with Crippen molar-refractivity contribution in [1.29, 1.82) is 0 Å². The second kappa shape index (κ2) is 9.99. The van der Waals surface area contributed by atoms with Crippen LogP contribution in [0.25, 0.3) is 11.3 Å². The van der Waals surface area contributed by atoms with Crippen LogP contribution in [-0.2, 0) is 29.2 Å². The molecular formula is C24H27F3O5S. The number of carbonyl (C=O) groups is 1. The summed E-state index contributed by atoms with van der Waals surface area (Å²) < 4.78 is 71.1. The Labute approximate surface area is 192 Å². The zero-order valence-corrected chi connectivity index (χ0v) is 19.9. The average Bonchev–Trinajstić information content (AvgIpc) is 2.69. The summed E-state index contributed by atoms with van der Waals surface area (Å²) in [5, 5.41) is 0. The van der Waals surface area contributed by atoms with Crippen LogP contribution in [0.4, 0.5) is 13.2 Å². The van der Waals surface area contributed by atoms with Gasteiger partial charge in [-0.15, -0.1) is 0 Å². The molecular weight excluding hydrogens is 457 g/mol. The van der Waals surface area contributed by atoms with Crippen molar-refractivity contribution in [2.75, 3.05) is 6.61 Å². The van der Waals surface area contributed by atoms with Crippen LogP contribution in [0.5, 0.6) is 0 Å². The highest BCUT2D eigenvalue weighted by molar-refractivity contribution is 7.87. The molecule has 0 heterocycles. The molecule has 0 spiro atoms. The molecule has 0 N–H and O–H groups in total. The minimum absolute atomic E-state index is 0.283. The van der Waals surface area contributed by atoms with Crippen molar-refractivity contribution in [1.82, 2.24) is 0 Å². The van der Waals surface area contributed by atoms with E-state index in [9.17, 15) is 26.4 Å². The quantitative estimate of drug-likeness (QED) is 0.155. The predicted molar refractivity (Wildman–Crippen MR) is 121 cm³/mol. The summed E-state index contributed by atoms with van der Waals surface area (Å²) in [6, 6.07) is 5.21. The number of halogens is 3. The van der Waals surface area contributed by atoms with E-state index in [1.54, 1.807) is 51.1 Å². The first kappa shape index (κ1) is 26.4. The van der Waals surface area contributed by atoms with Crippen LogP contribution in [0.1, 0.15) is 57.7 Å². The minimum Gasteiger partial charge on any atom is -0.463 e. The first-order chi connectivity index (χ1) is 15.2. The van der Waals surface area contributed by atoms with Gasteiger partial charge in [0, 0.05) is 11.6 Å². The summed E-state index contributed by atoms with van der Waals surface area (Å²) in [5.74, 6) is -0.772. The van der Waals surface area contributed by atoms with Crippen LogP contribution in [0.15, 0.2) is 54.2 Å². The molecule has 0 radical (unpaired) electrons. The van der Waals surface area contributed by atoms with Gasteiger partial charge in [0.15, 0.2) is 0 Å². The number of benzene rings is 1. The van der Waals surface area contributed by atoms with Crippen molar-refractivity contribution in [3.8, 4) is 0 Å². The molecule has 0 aliphatic heterocycles. The molecule has 0 saturated carbocycles. The van der Waals surface area contributed by atoms with E-state index < -0.39 is 27.0 Å². The van der Waals surface area contributed by atoms with Crippen LogP contribution < -0.4 is 0 Å². The summed E-state index contributed by atoms with van der Waals surface area (Å²) >= 11 is 0. The standard InChI is InChI=1S/C24H27F3O5S/c1-6-31-22(28)14-16(2)8-7-9-17(3)18-10-11-20-19(15-18)21(12-13-23(20,4)5)32-33(29,30)24(25,26)27/h7-12,14-15H,6,13H2,1-5H3/b8-7+,16-14+,17-9+.